The Balaban J connectivity index is 2.02. The van der Waals surface area contributed by atoms with Gasteiger partial charge in [-0.25, -0.2) is 0 Å². The molecule has 1 aromatic carbocycles. The van der Waals surface area contributed by atoms with E-state index in [0.29, 0.717) is 4.91 Å². The average Bonchev–Trinajstić information content (AvgIpc) is 2.58. The van der Waals surface area contributed by atoms with E-state index >= 15 is 0 Å². The number of hydrogen-bond acceptors (Lipinski definition) is 4. The number of thioether (sulfide) groups is 1. The molecule has 0 bridgehead atoms. The second-order valence-electron chi connectivity index (χ2n) is 3.51. The normalized spacial score (nSPS) is 19.2. The molecule has 1 saturated heterocycles. The number of carbonyl (C=O) groups is 2. The van der Waals surface area contributed by atoms with Gasteiger partial charge >= 0.3 is 0 Å². The molecule has 88 valence electrons. The molecule has 2 rings (SSSR count). The van der Waals surface area contributed by atoms with Crippen molar-refractivity contribution in [2.24, 2.45) is 0 Å². The van der Waals surface area contributed by atoms with E-state index in [-0.39, 0.29) is 17.3 Å². The Morgan fingerprint density at radius 3 is 2.59 bits per heavy atom. The highest BCUT2D eigenvalue weighted by Gasteiger charge is 2.25. The van der Waals surface area contributed by atoms with E-state index in [4.69, 9.17) is 4.74 Å². The highest BCUT2D eigenvalue weighted by atomic mass is 32.2. The molecule has 0 aromatic heterocycles. The number of amides is 2. The fourth-order valence-electron chi connectivity index (χ4n) is 1.40. The van der Waals surface area contributed by atoms with Gasteiger partial charge in [0.25, 0.3) is 11.1 Å². The predicted octanol–water partition coefficient (Wildman–Crippen LogP) is 2.32. The lowest BCUT2D eigenvalue weighted by molar-refractivity contribution is -0.115. The lowest BCUT2D eigenvalue weighted by Gasteiger charge is -2.10. The van der Waals surface area contributed by atoms with Crippen LogP contribution in [0.5, 0.6) is 5.75 Å². The van der Waals surface area contributed by atoms with Gasteiger partial charge in [0.1, 0.15) is 11.9 Å². The first-order valence-electron chi connectivity index (χ1n) is 5.12. The number of benzene rings is 1. The second-order valence-corrected chi connectivity index (χ2v) is 4.53. The first-order valence-corrected chi connectivity index (χ1v) is 5.93. The molecule has 1 fully saturated rings. The SMILES string of the molecule is CC(C=C1SC(=O)NC1=O)Oc1ccccc1. The summed E-state index contributed by atoms with van der Waals surface area (Å²) in [5.74, 6) is 0.370. The minimum absolute atomic E-state index is 0.267. The maximum Gasteiger partial charge on any atom is 0.290 e. The standard InChI is InChI=1S/C12H11NO3S/c1-8(16-9-5-3-2-4-6-9)7-10-11(14)13-12(15)17-10/h2-8H,1H3,(H,13,14,15). The van der Waals surface area contributed by atoms with Crippen LogP contribution in [0.15, 0.2) is 41.3 Å². The molecule has 1 atom stereocenters. The highest BCUT2D eigenvalue weighted by molar-refractivity contribution is 8.18. The topological polar surface area (TPSA) is 55.4 Å². The molecule has 17 heavy (non-hydrogen) atoms. The Kier molecular flexibility index (Phi) is 3.49. The van der Waals surface area contributed by atoms with E-state index in [1.54, 1.807) is 6.08 Å². The van der Waals surface area contributed by atoms with Gasteiger partial charge in [-0.15, -0.1) is 0 Å². The molecule has 0 aliphatic carbocycles. The summed E-state index contributed by atoms with van der Waals surface area (Å²) in [6.45, 7) is 1.82. The van der Waals surface area contributed by atoms with Crippen molar-refractivity contribution in [3.63, 3.8) is 0 Å². The van der Waals surface area contributed by atoms with Crippen LogP contribution in [-0.4, -0.2) is 17.3 Å². The van der Waals surface area contributed by atoms with Crippen LogP contribution in [0.4, 0.5) is 4.79 Å². The Morgan fingerprint density at radius 1 is 1.29 bits per heavy atom. The molecule has 0 spiro atoms. The van der Waals surface area contributed by atoms with Crippen molar-refractivity contribution in [2.75, 3.05) is 0 Å². The zero-order valence-electron chi connectivity index (χ0n) is 9.17. The van der Waals surface area contributed by atoms with Gasteiger partial charge < -0.3 is 4.74 Å². The third-order valence-electron chi connectivity index (χ3n) is 2.09. The van der Waals surface area contributed by atoms with Crippen molar-refractivity contribution >= 4 is 22.9 Å². The van der Waals surface area contributed by atoms with Crippen LogP contribution in [0.25, 0.3) is 0 Å². The van der Waals surface area contributed by atoms with Crippen molar-refractivity contribution in [1.29, 1.82) is 0 Å². The van der Waals surface area contributed by atoms with Gasteiger partial charge in [0.15, 0.2) is 0 Å². The summed E-state index contributed by atoms with van der Waals surface area (Å²) in [4.78, 5) is 22.6. The molecule has 1 N–H and O–H groups in total. The van der Waals surface area contributed by atoms with Gasteiger partial charge in [0.05, 0.1) is 4.91 Å². The first kappa shape index (κ1) is 11.7. The summed E-state index contributed by atoms with van der Waals surface area (Å²) in [5, 5.41) is 1.86. The number of nitrogens with one attached hydrogen (secondary N) is 1. The van der Waals surface area contributed by atoms with Crippen LogP contribution in [0.3, 0.4) is 0 Å². The van der Waals surface area contributed by atoms with E-state index in [1.165, 1.54) is 0 Å². The molecule has 1 unspecified atom stereocenters. The van der Waals surface area contributed by atoms with Gasteiger partial charge in [-0.1, -0.05) is 18.2 Å². The molecule has 1 aliphatic heterocycles. The maximum absolute atomic E-state index is 11.3. The largest absolute Gasteiger partial charge is 0.487 e. The van der Waals surface area contributed by atoms with Crippen molar-refractivity contribution in [2.45, 2.75) is 13.0 Å². The van der Waals surface area contributed by atoms with Crippen LogP contribution in [0.1, 0.15) is 6.92 Å². The number of hydrogen-bond donors (Lipinski definition) is 1. The molecule has 5 heteroatoms. The molecule has 1 heterocycles. The molecule has 2 amide bonds. The molecular weight excluding hydrogens is 238 g/mol. The zero-order chi connectivity index (χ0) is 12.3. The Hall–Kier alpha value is -1.75. The monoisotopic (exact) mass is 249 g/mol. The summed E-state index contributed by atoms with van der Waals surface area (Å²) < 4.78 is 5.58. The quantitative estimate of drug-likeness (QED) is 0.835. The number of ether oxygens (including phenoxy) is 1. The van der Waals surface area contributed by atoms with Gasteiger partial charge in [0, 0.05) is 0 Å². The van der Waals surface area contributed by atoms with Crippen LogP contribution >= 0.6 is 11.8 Å². The highest BCUT2D eigenvalue weighted by Crippen LogP contribution is 2.24. The molecular formula is C12H11NO3S. The summed E-state index contributed by atoms with van der Waals surface area (Å²) in [5.41, 5.74) is 0. The van der Waals surface area contributed by atoms with Gasteiger partial charge in [-0.3, -0.25) is 14.9 Å². The third kappa shape index (κ3) is 3.10. The zero-order valence-corrected chi connectivity index (χ0v) is 9.99. The molecule has 1 aromatic rings. The van der Waals surface area contributed by atoms with Crippen LogP contribution < -0.4 is 10.1 Å². The Labute approximate surface area is 103 Å². The minimum Gasteiger partial charge on any atom is -0.487 e. The van der Waals surface area contributed by atoms with Crippen LogP contribution in [-0.2, 0) is 4.79 Å². The summed E-state index contributed by atoms with van der Waals surface area (Å²) in [6.07, 6.45) is 1.37. The van der Waals surface area contributed by atoms with Crippen molar-refractivity contribution < 1.29 is 14.3 Å². The summed E-state index contributed by atoms with van der Waals surface area (Å²) in [7, 11) is 0. The second kappa shape index (κ2) is 5.05. The number of imide groups is 1. The maximum atomic E-state index is 11.3. The van der Waals surface area contributed by atoms with Crippen LogP contribution in [0, 0.1) is 0 Å². The molecule has 4 nitrogen and oxygen atoms in total. The van der Waals surface area contributed by atoms with Gasteiger partial charge in [0.2, 0.25) is 0 Å². The fraction of sp³-hybridized carbons (Fsp3) is 0.167. The van der Waals surface area contributed by atoms with E-state index in [1.807, 2.05) is 37.3 Å². The number of carbonyl (C=O) groups excluding carboxylic acids is 2. The predicted molar refractivity (Wildman–Crippen MR) is 65.7 cm³/mol. The van der Waals surface area contributed by atoms with Gasteiger partial charge in [-0.2, -0.15) is 0 Å². The van der Waals surface area contributed by atoms with E-state index < -0.39 is 0 Å². The van der Waals surface area contributed by atoms with Crippen molar-refractivity contribution in [1.82, 2.24) is 5.32 Å². The van der Waals surface area contributed by atoms with E-state index in [9.17, 15) is 9.59 Å². The van der Waals surface area contributed by atoms with E-state index in [0.717, 1.165) is 17.5 Å². The lowest BCUT2D eigenvalue weighted by atomic mass is 10.3. The lowest BCUT2D eigenvalue weighted by Crippen LogP contribution is -2.19. The average molecular weight is 249 g/mol. The minimum atomic E-state index is -0.358. The van der Waals surface area contributed by atoms with E-state index in [2.05, 4.69) is 5.32 Å². The Morgan fingerprint density at radius 2 is 2.00 bits per heavy atom. The molecule has 1 aliphatic rings. The summed E-state index contributed by atoms with van der Waals surface area (Å²) in [6, 6.07) is 9.31. The smallest absolute Gasteiger partial charge is 0.290 e. The summed E-state index contributed by atoms with van der Waals surface area (Å²) >= 11 is 0.894. The first-order chi connectivity index (χ1) is 8.15. The third-order valence-corrected chi connectivity index (χ3v) is 2.92. The fourth-order valence-corrected chi connectivity index (χ4v) is 2.14. The number of rotatable bonds is 3. The molecule has 0 saturated carbocycles. The van der Waals surface area contributed by atoms with Crippen LogP contribution in [0.2, 0.25) is 0 Å². The number of para-hydroxylation sites is 1. The van der Waals surface area contributed by atoms with Crippen molar-refractivity contribution in [3.05, 3.63) is 41.3 Å². The molecule has 0 radical (unpaired) electrons. The van der Waals surface area contributed by atoms with Crippen molar-refractivity contribution in [3.8, 4) is 5.75 Å². The Bertz CT molecular complexity index is 470. The van der Waals surface area contributed by atoms with Gasteiger partial charge in [-0.05, 0) is 36.9 Å².